The van der Waals surface area contributed by atoms with Crippen molar-refractivity contribution in [2.75, 3.05) is 6.26 Å². The Balaban J connectivity index is 2.10. The minimum Gasteiger partial charge on any atom is -0.339 e. The molecule has 4 atom stereocenters. The van der Waals surface area contributed by atoms with Gasteiger partial charge in [-0.05, 0) is 25.9 Å². The van der Waals surface area contributed by atoms with Crippen LogP contribution >= 0.6 is 12.0 Å². The van der Waals surface area contributed by atoms with Crippen LogP contribution in [0.2, 0.25) is 0 Å². The van der Waals surface area contributed by atoms with E-state index in [1.165, 1.54) is 12.0 Å². The zero-order chi connectivity index (χ0) is 11.1. The van der Waals surface area contributed by atoms with E-state index in [2.05, 4.69) is 0 Å². The van der Waals surface area contributed by atoms with Crippen LogP contribution in [0.4, 0.5) is 0 Å². The topological polar surface area (TPSA) is 54.0 Å². The van der Waals surface area contributed by atoms with Gasteiger partial charge in [-0.25, -0.2) is 0 Å². The van der Waals surface area contributed by atoms with Gasteiger partial charge in [0, 0.05) is 6.26 Å². The summed E-state index contributed by atoms with van der Waals surface area (Å²) in [7, 11) is 0. The van der Waals surface area contributed by atoms with Crippen LogP contribution in [0.1, 0.15) is 13.8 Å². The van der Waals surface area contributed by atoms with E-state index in [4.69, 9.17) is 18.4 Å². The quantitative estimate of drug-likeness (QED) is 0.530. The number of hydrogen-bond donors (Lipinski definition) is 0. The van der Waals surface area contributed by atoms with Crippen molar-refractivity contribution in [3.05, 3.63) is 0 Å². The lowest BCUT2D eigenvalue weighted by Gasteiger charge is -2.22. The summed E-state index contributed by atoms with van der Waals surface area (Å²) >= 11 is 1.19. The third-order valence-electron chi connectivity index (χ3n) is 2.37. The highest BCUT2D eigenvalue weighted by Crippen LogP contribution is 2.38. The summed E-state index contributed by atoms with van der Waals surface area (Å²) in [4.78, 5) is 10.8. The van der Waals surface area contributed by atoms with Gasteiger partial charge in [0.05, 0.1) is 0 Å². The molecule has 15 heavy (non-hydrogen) atoms. The Morgan fingerprint density at radius 3 is 2.73 bits per heavy atom. The molecule has 2 saturated heterocycles. The van der Waals surface area contributed by atoms with E-state index < -0.39 is 24.3 Å². The molecule has 0 N–H and O–H groups in total. The van der Waals surface area contributed by atoms with E-state index in [0.29, 0.717) is 0 Å². The SMILES string of the molecule is CSO[C@@H]1[C@H]2OC(C)(C)O[C@H]2O[C@@H]1C=O. The Bertz CT molecular complexity index is 257. The van der Waals surface area contributed by atoms with Gasteiger partial charge in [0.2, 0.25) is 0 Å². The first-order chi connectivity index (χ1) is 7.07. The first-order valence-corrected chi connectivity index (χ1v) is 5.88. The lowest BCUT2D eigenvalue weighted by Crippen LogP contribution is -2.36. The van der Waals surface area contributed by atoms with Crippen LogP contribution in [-0.2, 0) is 23.2 Å². The number of carbonyl (C=O) groups is 1. The van der Waals surface area contributed by atoms with E-state index in [0.717, 1.165) is 6.29 Å². The van der Waals surface area contributed by atoms with Gasteiger partial charge in [0.1, 0.15) is 18.3 Å². The number of ether oxygens (including phenoxy) is 3. The van der Waals surface area contributed by atoms with Gasteiger partial charge in [0.25, 0.3) is 0 Å². The Morgan fingerprint density at radius 2 is 2.13 bits per heavy atom. The molecule has 0 unspecified atom stereocenters. The summed E-state index contributed by atoms with van der Waals surface area (Å²) in [6, 6.07) is 0. The fourth-order valence-electron chi connectivity index (χ4n) is 1.83. The molecule has 0 saturated carbocycles. The number of hydrogen-bond acceptors (Lipinski definition) is 6. The van der Waals surface area contributed by atoms with Gasteiger partial charge in [-0.2, -0.15) is 0 Å². The van der Waals surface area contributed by atoms with Crippen molar-refractivity contribution >= 4 is 18.3 Å². The van der Waals surface area contributed by atoms with Crippen molar-refractivity contribution in [1.82, 2.24) is 0 Å². The molecule has 0 bridgehead atoms. The van der Waals surface area contributed by atoms with Crippen LogP contribution in [0.25, 0.3) is 0 Å². The zero-order valence-electron chi connectivity index (χ0n) is 8.84. The summed E-state index contributed by atoms with van der Waals surface area (Å²) in [5, 5.41) is 0. The van der Waals surface area contributed by atoms with E-state index in [-0.39, 0.29) is 6.10 Å². The molecule has 6 heteroatoms. The third kappa shape index (κ3) is 2.05. The number of rotatable bonds is 3. The van der Waals surface area contributed by atoms with Gasteiger partial charge in [0.15, 0.2) is 18.4 Å². The minimum atomic E-state index is -0.677. The molecule has 86 valence electrons. The molecule has 2 heterocycles. The molecule has 5 nitrogen and oxygen atoms in total. The lowest BCUT2D eigenvalue weighted by molar-refractivity contribution is -0.210. The summed E-state index contributed by atoms with van der Waals surface area (Å²) in [5.74, 6) is -0.677. The predicted molar refractivity (Wildman–Crippen MR) is 53.2 cm³/mol. The van der Waals surface area contributed by atoms with Crippen molar-refractivity contribution in [1.29, 1.82) is 0 Å². The van der Waals surface area contributed by atoms with Crippen LogP contribution in [0.15, 0.2) is 0 Å². The molecule has 0 aromatic heterocycles. The Morgan fingerprint density at radius 1 is 1.40 bits per heavy atom. The van der Waals surface area contributed by atoms with Crippen molar-refractivity contribution < 1.29 is 23.2 Å². The summed E-state index contributed by atoms with van der Waals surface area (Å²) < 4.78 is 21.9. The van der Waals surface area contributed by atoms with E-state index in [1.807, 2.05) is 0 Å². The molecular weight excluding hydrogens is 220 g/mol. The lowest BCUT2D eigenvalue weighted by atomic mass is 10.1. The minimum absolute atomic E-state index is 0.331. The predicted octanol–water partition coefficient (Wildman–Crippen LogP) is 0.725. The molecule has 2 aliphatic rings. The average molecular weight is 234 g/mol. The van der Waals surface area contributed by atoms with Gasteiger partial charge in [-0.15, -0.1) is 0 Å². The highest BCUT2D eigenvalue weighted by atomic mass is 32.2. The first-order valence-electron chi connectivity index (χ1n) is 4.73. The van der Waals surface area contributed by atoms with Crippen LogP contribution < -0.4 is 0 Å². The van der Waals surface area contributed by atoms with Crippen molar-refractivity contribution in [2.45, 2.75) is 44.2 Å². The van der Waals surface area contributed by atoms with Crippen molar-refractivity contribution in [2.24, 2.45) is 0 Å². The molecule has 0 aliphatic carbocycles. The van der Waals surface area contributed by atoms with Gasteiger partial charge in [-0.3, -0.25) is 0 Å². The highest BCUT2D eigenvalue weighted by Gasteiger charge is 2.55. The van der Waals surface area contributed by atoms with Gasteiger partial charge >= 0.3 is 0 Å². The van der Waals surface area contributed by atoms with E-state index in [9.17, 15) is 4.79 Å². The van der Waals surface area contributed by atoms with Gasteiger partial charge < -0.3 is 23.2 Å². The zero-order valence-corrected chi connectivity index (χ0v) is 9.65. The standard InChI is InChI=1S/C9H14O5S/c1-9(2)12-7-6(14-15-3)5(4-10)11-8(7)13-9/h4-8H,1-3H3/t5-,6+,7-,8-/m1/s1. The molecule has 0 amide bonds. The largest absolute Gasteiger partial charge is 0.339 e. The molecule has 0 aromatic rings. The van der Waals surface area contributed by atoms with Crippen LogP contribution in [0, 0.1) is 0 Å². The number of fused-ring (bicyclic) bond motifs is 1. The molecule has 2 fully saturated rings. The van der Waals surface area contributed by atoms with Gasteiger partial charge in [-0.1, -0.05) is 0 Å². The second kappa shape index (κ2) is 4.03. The maximum absolute atomic E-state index is 10.8. The fourth-order valence-corrected chi connectivity index (χ4v) is 2.28. The van der Waals surface area contributed by atoms with Crippen LogP contribution in [0.5, 0.6) is 0 Å². The highest BCUT2D eigenvalue weighted by molar-refractivity contribution is 7.93. The molecule has 0 radical (unpaired) electrons. The van der Waals surface area contributed by atoms with Crippen LogP contribution in [-0.4, -0.2) is 42.9 Å². The third-order valence-corrected chi connectivity index (χ3v) is 2.78. The monoisotopic (exact) mass is 234 g/mol. The Labute approximate surface area is 92.6 Å². The summed E-state index contributed by atoms with van der Waals surface area (Å²) in [6.45, 7) is 3.61. The second-order valence-electron chi connectivity index (χ2n) is 3.93. The number of carbonyl (C=O) groups excluding carboxylic acids is 1. The maximum Gasteiger partial charge on any atom is 0.190 e. The van der Waals surface area contributed by atoms with E-state index >= 15 is 0 Å². The molecule has 0 aromatic carbocycles. The summed E-state index contributed by atoms with van der Waals surface area (Å²) in [5.41, 5.74) is 0. The molecular formula is C9H14O5S. The van der Waals surface area contributed by atoms with Crippen LogP contribution in [0.3, 0.4) is 0 Å². The van der Waals surface area contributed by atoms with E-state index in [1.54, 1.807) is 20.1 Å². The van der Waals surface area contributed by atoms with Crippen molar-refractivity contribution in [3.63, 3.8) is 0 Å². The first kappa shape index (κ1) is 11.3. The Kier molecular flexibility index (Phi) is 3.05. The summed E-state index contributed by atoms with van der Waals surface area (Å²) in [6.07, 6.45) is 0.664. The Hall–Kier alpha value is -0.140. The smallest absolute Gasteiger partial charge is 0.190 e. The fraction of sp³-hybridized carbons (Fsp3) is 0.889. The normalized spacial score (nSPS) is 42.9. The average Bonchev–Trinajstić information content (AvgIpc) is 2.60. The van der Waals surface area contributed by atoms with Crippen molar-refractivity contribution in [3.8, 4) is 0 Å². The number of aldehydes is 1. The molecule has 2 aliphatic heterocycles. The second-order valence-corrected chi connectivity index (χ2v) is 4.46. The molecule has 0 spiro atoms. The molecule has 2 rings (SSSR count). The maximum atomic E-state index is 10.8.